The van der Waals surface area contributed by atoms with Crippen LogP contribution >= 0.6 is 0 Å². The van der Waals surface area contributed by atoms with Gasteiger partial charge in [-0.05, 0) is 66.6 Å². The number of carbonyl (C=O) groups is 2. The number of nitrogens with zero attached hydrogens (tertiary/aromatic N) is 2. The molecule has 1 aliphatic rings. The second kappa shape index (κ2) is 9.82. The summed E-state index contributed by atoms with van der Waals surface area (Å²) in [4.78, 5) is 30.1. The number of carbonyl (C=O) groups excluding carboxylic acids is 2. The monoisotopic (exact) mass is 482 g/mol. The molecule has 0 unspecified atom stereocenters. The number of hydrogen-bond acceptors (Lipinski definition) is 5. The molecule has 0 radical (unpaired) electrons. The van der Waals surface area contributed by atoms with Gasteiger partial charge in [-0.15, -0.1) is 0 Å². The van der Waals surface area contributed by atoms with Crippen LogP contribution in [0.3, 0.4) is 0 Å². The van der Waals surface area contributed by atoms with Gasteiger partial charge in [-0.1, -0.05) is 32.9 Å². The maximum Gasteiger partial charge on any atom is 0.259 e. The Kier molecular flexibility index (Phi) is 6.80. The normalized spacial score (nSPS) is 13.0. The number of aryl methyl sites for hydroxylation is 1. The standard InChI is InChI=1S/C29H30N4O3/c1-17-24(18-6-8-19(9-7-18)27(34)32-22-10-11-22)14-23(16-31-17)33-28(35)25-13-21(29(2,3)4)12-20(15-30)26(25)36-5/h6-9,12-14,16,22H,10-11H2,1-5H3,(H,32,34)(H,33,35). The van der Waals surface area contributed by atoms with Crippen LogP contribution in [0.1, 0.15) is 71.1 Å². The second-order valence-corrected chi connectivity index (χ2v) is 10.1. The van der Waals surface area contributed by atoms with Crippen LogP contribution < -0.4 is 15.4 Å². The van der Waals surface area contributed by atoms with Gasteiger partial charge in [0.05, 0.1) is 30.1 Å². The van der Waals surface area contributed by atoms with Crippen molar-refractivity contribution in [2.45, 2.75) is 52.0 Å². The summed E-state index contributed by atoms with van der Waals surface area (Å²) in [6, 6.07) is 15.2. The van der Waals surface area contributed by atoms with Crippen molar-refractivity contribution in [2.24, 2.45) is 0 Å². The van der Waals surface area contributed by atoms with E-state index in [1.165, 1.54) is 7.11 Å². The molecule has 36 heavy (non-hydrogen) atoms. The number of rotatable bonds is 6. The first kappa shape index (κ1) is 24.9. The molecule has 1 fully saturated rings. The van der Waals surface area contributed by atoms with Crippen molar-refractivity contribution >= 4 is 17.5 Å². The van der Waals surface area contributed by atoms with Crippen LogP contribution in [0.5, 0.6) is 5.75 Å². The zero-order valence-electron chi connectivity index (χ0n) is 21.2. The van der Waals surface area contributed by atoms with Crippen molar-refractivity contribution in [3.8, 4) is 22.9 Å². The summed E-state index contributed by atoms with van der Waals surface area (Å²) >= 11 is 0. The molecule has 1 aliphatic carbocycles. The SMILES string of the molecule is COc1c(C#N)cc(C(C)(C)C)cc1C(=O)Nc1cnc(C)c(-c2ccc(C(=O)NC3CC3)cc2)c1. The molecule has 184 valence electrons. The minimum atomic E-state index is -0.391. The van der Waals surface area contributed by atoms with Crippen molar-refractivity contribution in [1.82, 2.24) is 10.3 Å². The van der Waals surface area contributed by atoms with E-state index < -0.39 is 5.91 Å². The Morgan fingerprint density at radius 1 is 1.08 bits per heavy atom. The summed E-state index contributed by atoms with van der Waals surface area (Å²) in [7, 11) is 1.45. The molecule has 7 nitrogen and oxygen atoms in total. The van der Waals surface area contributed by atoms with E-state index >= 15 is 0 Å². The summed E-state index contributed by atoms with van der Waals surface area (Å²) in [5.41, 5.74) is 4.85. The fraction of sp³-hybridized carbons (Fsp3) is 0.310. The Bertz CT molecular complexity index is 1360. The Morgan fingerprint density at radius 2 is 1.78 bits per heavy atom. The molecule has 1 aromatic heterocycles. The Labute approximate surface area is 211 Å². The van der Waals surface area contributed by atoms with Crippen LogP contribution in [-0.2, 0) is 5.41 Å². The van der Waals surface area contributed by atoms with Gasteiger partial charge in [0.1, 0.15) is 11.8 Å². The van der Waals surface area contributed by atoms with E-state index in [1.807, 2.05) is 45.9 Å². The smallest absolute Gasteiger partial charge is 0.259 e. The molecule has 0 spiro atoms. The number of methoxy groups -OCH3 is 1. The highest BCUT2D eigenvalue weighted by Crippen LogP contribution is 2.32. The summed E-state index contributed by atoms with van der Waals surface area (Å²) < 4.78 is 5.43. The topological polar surface area (TPSA) is 104 Å². The number of ether oxygens (including phenoxy) is 1. The molecular formula is C29H30N4O3. The Hall–Kier alpha value is -4.18. The molecule has 1 heterocycles. The van der Waals surface area contributed by atoms with Gasteiger partial charge in [0, 0.05) is 22.9 Å². The molecule has 4 rings (SSSR count). The highest BCUT2D eigenvalue weighted by Gasteiger charge is 2.24. The van der Waals surface area contributed by atoms with E-state index in [1.54, 1.807) is 30.5 Å². The molecule has 1 saturated carbocycles. The summed E-state index contributed by atoms with van der Waals surface area (Å²) in [5, 5.41) is 15.5. The van der Waals surface area contributed by atoms with Gasteiger partial charge in [-0.2, -0.15) is 5.26 Å². The van der Waals surface area contributed by atoms with E-state index in [-0.39, 0.29) is 22.6 Å². The largest absolute Gasteiger partial charge is 0.495 e. The zero-order chi connectivity index (χ0) is 26.0. The average molecular weight is 483 g/mol. The third-order valence-electron chi connectivity index (χ3n) is 6.24. The first-order chi connectivity index (χ1) is 17.1. The molecule has 2 N–H and O–H groups in total. The molecule has 0 bridgehead atoms. The highest BCUT2D eigenvalue weighted by atomic mass is 16.5. The number of anilines is 1. The molecular weight excluding hydrogens is 452 g/mol. The molecule has 0 atom stereocenters. The molecule has 3 aromatic rings. The van der Waals surface area contributed by atoms with Crippen molar-refractivity contribution < 1.29 is 14.3 Å². The zero-order valence-corrected chi connectivity index (χ0v) is 21.2. The maximum absolute atomic E-state index is 13.3. The van der Waals surface area contributed by atoms with Crippen molar-refractivity contribution in [2.75, 3.05) is 12.4 Å². The van der Waals surface area contributed by atoms with Crippen LogP contribution in [0.2, 0.25) is 0 Å². The van der Waals surface area contributed by atoms with E-state index in [9.17, 15) is 14.9 Å². The van der Waals surface area contributed by atoms with Crippen LogP contribution in [0, 0.1) is 18.3 Å². The van der Waals surface area contributed by atoms with E-state index in [2.05, 4.69) is 21.7 Å². The number of amides is 2. The Balaban J connectivity index is 1.61. The lowest BCUT2D eigenvalue weighted by Crippen LogP contribution is -2.25. The highest BCUT2D eigenvalue weighted by molar-refractivity contribution is 6.07. The summed E-state index contributed by atoms with van der Waals surface area (Å²) in [6.07, 6.45) is 3.67. The number of pyridine rings is 1. The first-order valence-electron chi connectivity index (χ1n) is 11.9. The molecule has 2 amide bonds. The predicted octanol–water partition coefficient (Wildman–Crippen LogP) is 5.38. The molecule has 0 aliphatic heterocycles. The van der Waals surface area contributed by atoms with E-state index in [4.69, 9.17) is 4.74 Å². The predicted molar refractivity (Wildman–Crippen MR) is 139 cm³/mol. The minimum absolute atomic E-state index is 0.0666. The van der Waals surface area contributed by atoms with Crippen LogP contribution in [0.15, 0.2) is 48.7 Å². The van der Waals surface area contributed by atoms with Crippen LogP contribution in [-0.4, -0.2) is 29.9 Å². The van der Waals surface area contributed by atoms with Crippen molar-refractivity contribution in [3.63, 3.8) is 0 Å². The van der Waals surface area contributed by atoms with Gasteiger partial charge in [0.2, 0.25) is 0 Å². The molecule has 0 saturated heterocycles. The number of nitriles is 1. The van der Waals surface area contributed by atoms with Crippen LogP contribution in [0.4, 0.5) is 5.69 Å². The number of aromatic nitrogens is 1. The lowest BCUT2D eigenvalue weighted by molar-refractivity contribution is 0.0950. The van der Waals surface area contributed by atoms with Crippen molar-refractivity contribution in [1.29, 1.82) is 5.26 Å². The Morgan fingerprint density at radius 3 is 2.36 bits per heavy atom. The van der Waals surface area contributed by atoms with Gasteiger partial charge >= 0.3 is 0 Å². The fourth-order valence-electron chi connectivity index (χ4n) is 3.92. The third kappa shape index (κ3) is 5.38. The number of nitrogens with one attached hydrogen (secondary N) is 2. The lowest BCUT2D eigenvalue weighted by Gasteiger charge is -2.22. The van der Waals surface area contributed by atoms with Crippen molar-refractivity contribution in [3.05, 3.63) is 76.6 Å². The van der Waals surface area contributed by atoms with Gasteiger partial charge < -0.3 is 15.4 Å². The summed E-state index contributed by atoms with van der Waals surface area (Å²) in [5.74, 6) is -0.218. The fourth-order valence-corrected chi connectivity index (χ4v) is 3.92. The maximum atomic E-state index is 13.3. The average Bonchev–Trinajstić information content (AvgIpc) is 3.67. The van der Waals surface area contributed by atoms with Gasteiger partial charge in [-0.3, -0.25) is 14.6 Å². The molecule has 7 heteroatoms. The van der Waals surface area contributed by atoms with Gasteiger partial charge in [0.15, 0.2) is 0 Å². The number of hydrogen-bond donors (Lipinski definition) is 2. The van der Waals surface area contributed by atoms with Gasteiger partial charge in [0.25, 0.3) is 11.8 Å². The number of benzene rings is 2. The van der Waals surface area contributed by atoms with Crippen LogP contribution in [0.25, 0.3) is 11.1 Å². The van der Waals surface area contributed by atoms with Gasteiger partial charge in [-0.25, -0.2) is 0 Å². The van der Waals surface area contributed by atoms with E-state index in [0.29, 0.717) is 22.9 Å². The van der Waals surface area contributed by atoms with E-state index in [0.717, 1.165) is 35.2 Å². The minimum Gasteiger partial charge on any atom is -0.495 e. The quantitative estimate of drug-likeness (QED) is 0.491. The lowest BCUT2D eigenvalue weighted by atomic mass is 9.84. The first-order valence-corrected chi connectivity index (χ1v) is 11.9. The second-order valence-electron chi connectivity index (χ2n) is 10.1. The third-order valence-corrected chi connectivity index (χ3v) is 6.24. The summed E-state index contributed by atoms with van der Waals surface area (Å²) in [6.45, 7) is 7.96. The molecule has 2 aromatic carbocycles.